The fraction of sp³-hybridized carbons (Fsp3) is 0.857. The van der Waals surface area contributed by atoms with E-state index in [-0.39, 0.29) is 41.0 Å². The number of hydrogen-bond donors (Lipinski definition) is 4. The van der Waals surface area contributed by atoms with Crippen molar-refractivity contribution in [3.8, 4) is 0 Å². The molecule has 4 bridgehead atoms. The lowest BCUT2D eigenvalue weighted by molar-refractivity contribution is -0.170. The Morgan fingerprint density at radius 2 is 1.64 bits per heavy atom. The molecular formula is C35H54N4O6. The second kappa shape index (κ2) is 11.9. The Morgan fingerprint density at radius 1 is 0.956 bits per heavy atom. The number of ketones is 1. The first-order valence-electron chi connectivity index (χ1n) is 17.7. The molecule has 0 aromatic heterocycles. The van der Waals surface area contributed by atoms with E-state index < -0.39 is 40.8 Å². The molecule has 2 unspecified atom stereocenters. The van der Waals surface area contributed by atoms with Gasteiger partial charge in [0, 0.05) is 19.0 Å². The van der Waals surface area contributed by atoms with Crippen molar-refractivity contribution in [2.24, 2.45) is 34.5 Å². The van der Waals surface area contributed by atoms with Crippen LogP contribution in [0.1, 0.15) is 118 Å². The summed E-state index contributed by atoms with van der Waals surface area (Å²) in [7, 11) is 0. The molecule has 4 N–H and O–H groups in total. The lowest BCUT2D eigenvalue weighted by Gasteiger charge is -2.60. The van der Waals surface area contributed by atoms with Crippen molar-refractivity contribution in [1.29, 1.82) is 0 Å². The zero-order valence-electron chi connectivity index (χ0n) is 27.7. The molecule has 45 heavy (non-hydrogen) atoms. The molecule has 7 fully saturated rings. The summed E-state index contributed by atoms with van der Waals surface area (Å²) in [5, 5.41) is 19.9. The average molecular weight is 627 g/mol. The van der Waals surface area contributed by atoms with E-state index in [9.17, 15) is 29.1 Å². The number of aliphatic hydroxyl groups is 1. The summed E-state index contributed by atoms with van der Waals surface area (Å²) in [6.45, 7) is 8.15. The summed E-state index contributed by atoms with van der Waals surface area (Å²) in [6.07, 6.45) is 11.1. The average Bonchev–Trinajstić information content (AvgIpc) is 3.49. The standard InChI is InChI=1S/C35H54N4O6/c1-5-7-25(28(41)31(43)36-23-10-11-23)37-30(42)27-24-9-6-8-22(24)18-39(27)32(44)29(33(2,3)4)38-26(40)17-34-13-20-12-21(14-34)16-35(45,15-20)19-34/h20-25,27,29,45H,5-19H2,1-4H3,(H,36,43)(H,37,42)(H,38,40)/t20-,21+,22-,24-,25-,27-,29+,34?,35?/m0/s1. The zero-order chi connectivity index (χ0) is 32.3. The molecule has 10 nitrogen and oxygen atoms in total. The van der Waals surface area contributed by atoms with Gasteiger partial charge in [-0.15, -0.1) is 0 Å². The zero-order valence-corrected chi connectivity index (χ0v) is 27.7. The van der Waals surface area contributed by atoms with E-state index in [1.54, 1.807) is 4.90 Å². The molecule has 1 aliphatic heterocycles. The number of carbonyl (C=O) groups excluding carboxylic acids is 5. The van der Waals surface area contributed by atoms with Gasteiger partial charge in [-0.05, 0) is 105 Å². The molecular weight excluding hydrogens is 572 g/mol. The molecule has 0 aromatic rings. The molecule has 10 heteroatoms. The van der Waals surface area contributed by atoms with Crippen LogP contribution < -0.4 is 16.0 Å². The third kappa shape index (κ3) is 6.68. The second-order valence-corrected chi connectivity index (χ2v) is 17.0. The number of amides is 4. The van der Waals surface area contributed by atoms with E-state index in [0.29, 0.717) is 44.1 Å². The molecule has 7 rings (SSSR count). The van der Waals surface area contributed by atoms with Crippen LogP contribution in [0.4, 0.5) is 0 Å². The SMILES string of the molecule is CCC[C@H](NC(=O)[C@@H]1[C@H]2CCC[C@H]2CN1C(=O)[C@@H](NC(=O)CC12C[C@@H]3C[C@@H](CC(O)(C3)C1)C2)C(C)(C)C)C(=O)C(=O)NC1CC1. The van der Waals surface area contributed by atoms with Crippen molar-refractivity contribution in [3.63, 3.8) is 0 Å². The number of Topliss-reactive ketones (excluding diaryl/α,β-unsaturated/α-hetero) is 1. The quantitative estimate of drug-likeness (QED) is 0.260. The highest BCUT2D eigenvalue weighted by molar-refractivity contribution is 6.38. The topological polar surface area (TPSA) is 145 Å². The minimum absolute atomic E-state index is 0.0179. The van der Waals surface area contributed by atoms with Gasteiger partial charge in [0.2, 0.25) is 23.5 Å². The van der Waals surface area contributed by atoms with E-state index in [1.165, 1.54) is 0 Å². The van der Waals surface area contributed by atoms with Gasteiger partial charge in [-0.25, -0.2) is 0 Å². The van der Waals surface area contributed by atoms with Crippen molar-refractivity contribution < 1.29 is 29.1 Å². The number of carbonyl (C=O) groups is 5. The summed E-state index contributed by atoms with van der Waals surface area (Å²) < 4.78 is 0. The van der Waals surface area contributed by atoms with Gasteiger partial charge in [0.15, 0.2) is 0 Å². The van der Waals surface area contributed by atoms with Crippen LogP contribution in [0.2, 0.25) is 0 Å². The summed E-state index contributed by atoms with van der Waals surface area (Å²) in [6, 6.07) is -2.47. The number of nitrogens with zero attached hydrogens (tertiary/aromatic N) is 1. The Bertz CT molecular complexity index is 1210. The normalized spacial score (nSPS) is 36.3. The van der Waals surface area contributed by atoms with Crippen LogP contribution in [0, 0.1) is 34.5 Å². The molecule has 6 saturated carbocycles. The van der Waals surface area contributed by atoms with Crippen molar-refractivity contribution >= 4 is 29.4 Å². The summed E-state index contributed by atoms with van der Waals surface area (Å²) >= 11 is 0. The predicted molar refractivity (Wildman–Crippen MR) is 167 cm³/mol. The summed E-state index contributed by atoms with van der Waals surface area (Å²) in [5.41, 5.74) is -1.48. The Labute approximate surface area is 267 Å². The van der Waals surface area contributed by atoms with E-state index in [0.717, 1.165) is 64.2 Å². The van der Waals surface area contributed by atoms with Crippen molar-refractivity contribution in [3.05, 3.63) is 0 Å². The molecule has 250 valence electrons. The first-order valence-corrected chi connectivity index (χ1v) is 17.7. The lowest BCUT2D eigenvalue weighted by Crippen LogP contribution is -2.61. The maximum atomic E-state index is 14.4. The Morgan fingerprint density at radius 3 is 2.24 bits per heavy atom. The number of nitrogens with one attached hydrogen (secondary N) is 3. The molecule has 6 aliphatic carbocycles. The number of fused-ring (bicyclic) bond motifs is 1. The Hall–Kier alpha value is -2.49. The monoisotopic (exact) mass is 626 g/mol. The largest absolute Gasteiger partial charge is 0.390 e. The van der Waals surface area contributed by atoms with Crippen LogP contribution in [0.15, 0.2) is 0 Å². The van der Waals surface area contributed by atoms with Gasteiger partial charge < -0.3 is 26.0 Å². The van der Waals surface area contributed by atoms with Crippen LogP contribution in [0.5, 0.6) is 0 Å². The highest BCUT2D eigenvalue weighted by Gasteiger charge is 2.58. The Kier molecular flexibility index (Phi) is 8.62. The minimum Gasteiger partial charge on any atom is -0.390 e. The van der Waals surface area contributed by atoms with Crippen LogP contribution in [0.25, 0.3) is 0 Å². The van der Waals surface area contributed by atoms with Crippen molar-refractivity contribution in [1.82, 2.24) is 20.9 Å². The van der Waals surface area contributed by atoms with E-state index in [1.807, 2.05) is 27.7 Å². The molecule has 4 amide bonds. The van der Waals surface area contributed by atoms with Crippen LogP contribution in [0.3, 0.4) is 0 Å². The fourth-order valence-electron chi connectivity index (χ4n) is 10.3. The molecule has 1 heterocycles. The predicted octanol–water partition coefficient (Wildman–Crippen LogP) is 3.00. The second-order valence-electron chi connectivity index (χ2n) is 17.0. The summed E-state index contributed by atoms with van der Waals surface area (Å²) in [4.78, 5) is 69.5. The molecule has 7 aliphatic rings. The fourth-order valence-corrected chi connectivity index (χ4v) is 10.3. The van der Waals surface area contributed by atoms with Crippen molar-refractivity contribution in [2.45, 2.75) is 147 Å². The first kappa shape index (κ1) is 32.5. The minimum atomic E-state index is -0.938. The number of likely N-dealkylation sites (tertiary alicyclic amines) is 1. The maximum Gasteiger partial charge on any atom is 0.289 e. The van der Waals surface area contributed by atoms with E-state index in [2.05, 4.69) is 16.0 Å². The van der Waals surface area contributed by atoms with Crippen LogP contribution in [-0.2, 0) is 24.0 Å². The maximum absolute atomic E-state index is 14.4. The van der Waals surface area contributed by atoms with Crippen LogP contribution >= 0.6 is 0 Å². The van der Waals surface area contributed by atoms with Gasteiger partial charge >= 0.3 is 0 Å². The highest BCUT2D eigenvalue weighted by atomic mass is 16.3. The van der Waals surface area contributed by atoms with Gasteiger partial charge in [0.05, 0.1) is 11.6 Å². The van der Waals surface area contributed by atoms with Crippen molar-refractivity contribution in [2.75, 3.05) is 6.54 Å². The molecule has 1 saturated heterocycles. The van der Waals surface area contributed by atoms with Gasteiger partial charge in [-0.1, -0.05) is 40.5 Å². The number of rotatable bonds is 11. The van der Waals surface area contributed by atoms with E-state index in [4.69, 9.17) is 0 Å². The third-order valence-corrected chi connectivity index (χ3v) is 11.9. The van der Waals surface area contributed by atoms with Gasteiger partial charge in [0.25, 0.3) is 5.91 Å². The first-order chi connectivity index (χ1) is 21.2. The summed E-state index contributed by atoms with van der Waals surface area (Å²) in [5.74, 6) is -0.997. The molecule has 0 aromatic carbocycles. The third-order valence-electron chi connectivity index (χ3n) is 11.9. The van der Waals surface area contributed by atoms with Gasteiger partial charge in [0.1, 0.15) is 12.1 Å². The molecule has 9 atom stereocenters. The lowest BCUT2D eigenvalue weighted by atomic mass is 9.47. The highest BCUT2D eigenvalue weighted by Crippen LogP contribution is 2.62. The van der Waals surface area contributed by atoms with Gasteiger partial charge in [-0.3, -0.25) is 24.0 Å². The van der Waals surface area contributed by atoms with E-state index >= 15 is 0 Å². The molecule has 0 spiro atoms. The molecule has 0 radical (unpaired) electrons. The Balaban J connectivity index is 1.17. The van der Waals surface area contributed by atoms with Gasteiger partial charge in [-0.2, -0.15) is 0 Å². The smallest absolute Gasteiger partial charge is 0.289 e. The number of hydrogen-bond acceptors (Lipinski definition) is 6. The van der Waals surface area contributed by atoms with Crippen LogP contribution in [-0.4, -0.2) is 75.7 Å².